The molecule has 3 nitrogen and oxygen atoms in total. The third-order valence-electron chi connectivity index (χ3n) is 2.50. The molecule has 0 aliphatic carbocycles. The van der Waals surface area contributed by atoms with Gasteiger partial charge in [-0.15, -0.1) is 0 Å². The maximum absolute atomic E-state index is 13.1. The molecule has 17 heavy (non-hydrogen) atoms. The van der Waals surface area contributed by atoms with Gasteiger partial charge in [0.25, 0.3) is 0 Å². The highest BCUT2D eigenvalue weighted by atomic mass is 35.5. The minimum Gasteiger partial charge on any atom is -0.231 e. The molecule has 0 N–H and O–H groups in total. The van der Waals surface area contributed by atoms with Gasteiger partial charge in [-0.3, -0.25) is 0 Å². The van der Waals surface area contributed by atoms with E-state index in [-0.39, 0.29) is 0 Å². The molecule has 1 aromatic carbocycles. The molecule has 0 saturated carbocycles. The lowest BCUT2D eigenvalue weighted by atomic mass is 10.2. The average Bonchev–Trinajstić information content (AvgIpc) is 2.68. The monoisotopic (exact) mass is 247 g/mol. The summed E-state index contributed by atoms with van der Waals surface area (Å²) in [5.41, 5.74) is 1.43. The fourth-order valence-electron chi connectivity index (χ4n) is 1.75. The second kappa shape index (κ2) is 3.82. The fourth-order valence-corrected chi connectivity index (χ4v) is 1.98. The van der Waals surface area contributed by atoms with Crippen LogP contribution in [0.4, 0.5) is 4.39 Å². The van der Waals surface area contributed by atoms with Crippen LogP contribution in [-0.4, -0.2) is 14.8 Å². The Bertz CT molecular complexity index is 693. The van der Waals surface area contributed by atoms with E-state index in [4.69, 9.17) is 11.6 Å². The Morgan fingerprint density at radius 3 is 2.82 bits per heavy atom. The molecule has 0 aliphatic heterocycles. The highest BCUT2D eigenvalue weighted by Crippen LogP contribution is 2.24. The predicted molar refractivity (Wildman–Crippen MR) is 63.8 cm³/mol. The molecule has 2 aromatic heterocycles. The highest BCUT2D eigenvalue weighted by molar-refractivity contribution is 6.34. The zero-order valence-electron chi connectivity index (χ0n) is 8.64. The van der Waals surface area contributed by atoms with Crippen LogP contribution in [0.5, 0.6) is 0 Å². The SMILES string of the molecule is Fc1cc(-n2nc(Cl)c3ccccc32)ccn1. The van der Waals surface area contributed by atoms with Crippen LogP contribution < -0.4 is 0 Å². The van der Waals surface area contributed by atoms with Crippen LogP contribution in [0.1, 0.15) is 0 Å². The fraction of sp³-hybridized carbons (Fsp3) is 0. The van der Waals surface area contributed by atoms with Crippen molar-refractivity contribution in [1.29, 1.82) is 0 Å². The summed E-state index contributed by atoms with van der Waals surface area (Å²) in [6.07, 6.45) is 1.40. The molecule has 0 saturated heterocycles. The lowest BCUT2D eigenvalue weighted by Crippen LogP contribution is -1.97. The lowest BCUT2D eigenvalue weighted by Gasteiger charge is -2.02. The van der Waals surface area contributed by atoms with Crippen molar-refractivity contribution in [3.63, 3.8) is 0 Å². The van der Waals surface area contributed by atoms with E-state index in [0.717, 1.165) is 10.9 Å². The third kappa shape index (κ3) is 1.66. The Morgan fingerprint density at radius 1 is 1.18 bits per heavy atom. The summed E-state index contributed by atoms with van der Waals surface area (Å²) >= 11 is 6.03. The Balaban J connectivity index is 2.31. The number of pyridine rings is 1. The molecular formula is C12H7ClFN3. The van der Waals surface area contributed by atoms with Gasteiger partial charge in [-0.2, -0.15) is 9.49 Å². The van der Waals surface area contributed by atoms with Crippen molar-refractivity contribution in [1.82, 2.24) is 14.8 Å². The summed E-state index contributed by atoms with van der Waals surface area (Å²) in [5.74, 6) is -0.543. The van der Waals surface area contributed by atoms with Crippen molar-refractivity contribution >= 4 is 22.5 Å². The molecule has 0 aliphatic rings. The first kappa shape index (κ1) is 10.2. The summed E-state index contributed by atoms with van der Waals surface area (Å²) in [6.45, 7) is 0. The second-order valence-corrected chi connectivity index (χ2v) is 3.91. The summed E-state index contributed by atoms with van der Waals surface area (Å²) in [6, 6.07) is 10.5. The summed E-state index contributed by atoms with van der Waals surface area (Å²) in [5, 5.41) is 5.43. The van der Waals surface area contributed by atoms with Gasteiger partial charge in [-0.1, -0.05) is 23.7 Å². The Hall–Kier alpha value is -1.94. The van der Waals surface area contributed by atoms with Gasteiger partial charge in [0.2, 0.25) is 5.95 Å². The van der Waals surface area contributed by atoms with Crippen LogP contribution in [0.2, 0.25) is 5.15 Å². The second-order valence-electron chi connectivity index (χ2n) is 3.56. The predicted octanol–water partition coefficient (Wildman–Crippen LogP) is 3.21. The van der Waals surface area contributed by atoms with Gasteiger partial charge in [0.15, 0.2) is 5.15 Å². The van der Waals surface area contributed by atoms with Crippen molar-refractivity contribution < 1.29 is 4.39 Å². The first-order chi connectivity index (χ1) is 8.25. The zero-order chi connectivity index (χ0) is 11.8. The number of rotatable bonds is 1. The van der Waals surface area contributed by atoms with Crippen molar-refractivity contribution in [2.75, 3.05) is 0 Å². The van der Waals surface area contributed by atoms with Gasteiger partial charge in [-0.05, 0) is 18.2 Å². The van der Waals surface area contributed by atoms with Gasteiger partial charge < -0.3 is 0 Å². The number of hydrogen-bond donors (Lipinski definition) is 0. The van der Waals surface area contributed by atoms with Crippen LogP contribution in [0.25, 0.3) is 16.6 Å². The third-order valence-corrected chi connectivity index (χ3v) is 2.78. The quantitative estimate of drug-likeness (QED) is 0.618. The van der Waals surface area contributed by atoms with Crippen LogP contribution in [-0.2, 0) is 0 Å². The van der Waals surface area contributed by atoms with E-state index in [0.29, 0.717) is 10.8 Å². The van der Waals surface area contributed by atoms with Gasteiger partial charge in [-0.25, -0.2) is 9.67 Å². The average molecular weight is 248 g/mol. The molecule has 0 amide bonds. The maximum atomic E-state index is 13.1. The minimum absolute atomic E-state index is 0.401. The van der Waals surface area contributed by atoms with E-state index >= 15 is 0 Å². The number of para-hydroxylation sites is 1. The molecule has 5 heteroatoms. The van der Waals surface area contributed by atoms with E-state index in [9.17, 15) is 4.39 Å². The van der Waals surface area contributed by atoms with Gasteiger partial charge in [0.05, 0.1) is 11.2 Å². The number of hydrogen-bond acceptors (Lipinski definition) is 2. The lowest BCUT2D eigenvalue weighted by molar-refractivity contribution is 0.582. The molecule has 0 atom stereocenters. The maximum Gasteiger partial charge on any atom is 0.214 e. The number of aromatic nitrogens is 3. The molecule has 0 radical (unpaired) electrons. The highest BCUT2D eigenvalue weighted by Gasteiger charge is 2.09. The van der Waals surface area contributed by atoms with Crippen molar-refractivity contribution in [3.8, 4) is 5.69 Å². The van der Waals surface area contributed by atoms with E-state index in [1.54, 1.807) is 10.7 Å². The molecule has 2 heterocycles. The number of fused-ring (bicyclic) bond motifs is 1. The normalized spacial score (nSPS) is 10.9. The van der Waals surface area contributed by atoms with Crippen LogP contribution in [0.15, 0.2) is 42.6 Å². The molecule has 0 bridgehead atoms. The summed E-state index contributed by atoms with van der Waals surface area (Å²) in [4.78, 5) is 3.51. The molecule has 0 spiro atoms. The molecule has 84 valence electrons. The van der Waals surface area contributed by atoms with Gasteiger partial charge >= 0.3 is 0 Å². The smallest absolute Gasteiger partial charge is 0.214 e. The standard InChI is InChI=1S/C12H7ClFN3/c13-12-9-3-1-2-4-10(9)17(16-12)8-5-6-15-11(14)7-8/h1-7H. The Morgan fingerprint density at radius 2 is 2.00 bits per heavy atom. The minimum atomic E-state index is -0.543. The number of halogens is 2. The molecule has 0 fully saturated rings. The molecule has 0 unspecified atom stereocenters. The van der Waals surface area contributed by atoms with Crippen molar-refractivity contribution in [3.05, 3.63) is 53.7 Å². The molecule has 3 rings (SSSR count). The van der Waals surface area contributed by atoms with E-state index in [2.05, 4.69) is 10.1 Å². The summed E-state index contributed by atoms with van der Waals surface area (Å²) < 4.78 is 14.7. The van der Waals surface area contributed by atoms with Crippen LogP contribution in [0, 0.1) is 5.95 Å². The van der Waals surface area contributed by atoms with Crippen molar-refractivity contribution in [2.24, 2.45) is 0 Å². The zero-order valence-corrected chi connectivity index (χ0v) is 9.39. The van der Waals surface area contributed by atoms with Crippen molar-refractivity contribution in [2.45, 2.75) is 0 Å². The Kier molecular flexibility index (Phi) is 2.30. The van der Waals surface area contributed by atoms with E-state index < -0.39 is 5.95 Å². The topological polar surface area (TPSA) is 30.7 Å². The largest absolute Gasteiger partial charge is 0.231 e. The van der Waals surface area contributed by atoms with Crippen LogP contribution >= 0.6 is 11.6 Å². The number of nitrogens with zero attached hydrogens (tertiary/aromatic N) is 3. The number of benzene rings is 1. The first-order valence-corrected chi connectivity index (χ1v) is 5.39. The summed E-state index contributed by atoms with van der Waals surface area (Å²) in [7, 11) is 0. The molecular weight excluding hydrogens is 241 g/mol. The Labute approximate surface area is 101 Å². The van der Waals surface area contributed by atoms with Crippen LogP contribution in [0.3, 0.4) is 0 Å². The molecule has 3 aromatic rings. The van der Waals surface area contributed by atoms with Gasteiger partial charge in [0, 0.05) is 17.6 Å². The van der Waals surface area contributed by atoms with Gasteiger partial charge in [0.1, 0.15) is 0 Å². The van der Waals surface area contributed by atoms with E-state index in [1.165, 1.54) is 12.3 Å². The van der Waals surface area contributed by atoms with E-state index in [1.807, 2.05) is 24.3 Å². The first-order valence-electron chi connectivity index (χ1n) is 5.01.